The van der Waals surface area contributed by atoms with Gasteiger partial charge in [0, 0.05) is 41.2 Å². The van der Waals surface area contributed by atoms with Gasteiger partial charge < -0.3 is 9.47 Å². The number of methoxy groups -OCH3 is 2. The molecule has 0 aliphatic carbocycles. The Morgan fingerprint density at radius 2 is 1.72 bits per heavy atom. The lowest BCUT2D eigenvalue weighted by molar-refractivity contribution is 0.398. The maximum Gasteiger partial charge on any atom is 0.212 e. The molecule has 0 atom stereocenters. The fourth-order valence-corrected chi connectivity index (χ4v) is 2.88. The lowest BCUT2D eigenvalue weighted by Gasteiger charge is -2.05. The van der Waals surface area contributed by atoms with Crippen molar-refractivity contribution in [2.24, 2.45) is 0 Å². The molecule has 25 heavy (non-hydrogen) atoms. The molecule has 4 aromatic rings. The van der Waals surface area contributed by atoms with Crippen LogP contribution in [-0.4, -0.2) is 28.8 Å². The predicted molar refractivity (Wildman–Crippen MR) is 97.0 cm³/mol. The van der Waals surface area contributed by atoms with Crippen LogP contribution in [0, 0.1) is 0 Å². The highest BCUT2D eigenvalue weighted by Crippen LogP contribution is 2.36. The zero-order valence-electron chi connectivity index (χ0n) is 14.0. The lowest BCUT2D eigenvalue weighted by atomic mass is 10.0. The highest BCUT2D eigenvalue weighted by Gasteiger charge is 2.17. The van der Waals surface area contributed by atoms with Crippen molar-refractivity contribution in [2.45, 2.75) is 0 Å². The molecule has 0 radical (unpaired) electrons. The van der Waals surface area contributed by atoms with Gasteiger partial charge in [0.15, 0.2) is 0 Å². The van der Waals surface area contributed by atoms with Gasteiger partial charge in [0.1, 0.15) is 11.4 Å². The van der Waals surface area contributed by atoms with E-state index in [0.29, 0.717) is 5.88 Å². The van der Waals surface area contributed by atoms with Crippen LogP contribution in [0.3, 0.4) is 0 Å². The monoisotopic (exact) mass is 331 g/mol. The average molecular weight is 331 g/mol. The van der Waals surface area contributed by atoms with Crippen LogP contribution in [0.25, 0.3) is 27.9 Å². The number of pyridine rings is 2. The van der Waals surface area contributed by atoms with Crippen LogP contribution in [0.4, 0.5) is 0 Å². The van der Waals surface area contributed by atoms with Crippen LogP contribution in [0.5, 0.6) is 11.6 Å². The molecule has 0 aliphatic heterocycles. The van der Waals surface area contributed by atoms with Gasteiger partial charge in [-0.25, -0.2) is 9.50 Å². The quantitative estimate of drug-likeness (QED) is 0.565. The molecule has 1 aromatic carbocycles. The molecule has 3 heterocycles. The van der Waals surface area contributed by atoms with E-state index in [9.17, 15) is 0 Å². The van der Waals surface area contributed by atoms with Crippen molar-refractivity contribution in [1.82, 2.24) is 14.6 Å². The van der Waals surface area contributed by atoms with E-state index >= 15 is 0 Å². The third-order valence-corrected chi connectivity index (χ3v) is 4.12. The van der Waals surface area contributed by atoms with E-state index in [1.165, 1.54) is 0 Å². The number of fused-ring (bicyclic) bond motifs is 1. The van der Waals surface area contributed by atoms with E-state index in [2.05, 4.69) is 17.1 Å². The Balaban J connectivity index is 2.00. The first-order valence-electron chi connectivity index (χ1n) is 7.92. The first-order chi connectivity index (χ1) is 12.3. The summed E-state index contributed by atoms with van der Waals surface area (Å²) in [6.07, 6.45) is 3.71. The van der Waals surface area contributed by atoms with E-state index in [4.69, 9.17) is 14.6 Å². The summed E-state index contributed by atoms with van der Waals surface area (Å²) in [5, 5.41) is 4.78. The third kappa shape index (κ3) is 2.70. The highest BCUT2D eigenvalue weighted by atomic mass is 16.5. The minimum absolute atomic E-state index is 0.582. The molecule has 5 heteroatoms. The van der Waals surface area contributed by atoms with Gasteiger partial charge >= 0.3 is 0 Å². The molecule has 0 N–H and O–H groups in total. The Kier molecular flexibility index (Phi) is 3.82. The van der Waals surface area contributed by atoms with Gasteiger partial charge in [-0.05, 0) is 12.1 Å². The third-order valence-electron chi connectivity index (χ3n) is 4.12. The molecule has 0 bridgehead atoms. The van der Waals surface area contributed by atoms with Crippen molar-refractivity contribution in [3.05, 3.63) is 67.0 Å². The topological polar surface area (TPSA) is 48.7 Å². The normalized spacial score (nSPS) is 10.8. The van der Waals surface area contributed by atoms with Crippen LogP contribution in [-0.2, 0) is 0 Å². The van der Waals surface area contributed by atoms with Crippen molar-refractivity contribution in [3.63, 3.8) is 0 Å². The fourth-order valence-electron chi connectivity index (χ4n) is 2.88. The molecule has 0 aliphatic rings. The van der Waals surface area contributed by atoms with Crippen molar-refractivity contribution in [1.29, 1.82) is 0 Å². The SMILES string of the molecule is COc1ccn2nc(-c3ccccc3)c(-c3ccc(OC)nc3)c2c1. The summed E-state index contributed by atoms with van der Waals surface area (Å²) in [4.78, 5) is 4.35. The Hall–Kier alpha value is -3.34. The smallest absolute Gasteiger partial charge is 0.212 e. The summed E-state index contributed by atoms with van der Waals surface area (Å²) in [7, 11) is 3.27. The van der Waals surface area contributed by atoms with Crippen LogP contribution < -0.4 is 9.47 Å². The maximum atomic E-state index is 5.39. The second kappa shape index (κ2) is 6.28. The highest BCUT2D eigenvalue weighted by molar-refractivity contribution is 5.92. The van der Waals surface area contributed by atoms with Crippen LogP contribution in [0.1, 0.15) is 0 Å². The molecule has 124 valence electrons. The number of nitrogens with zero attached hydrogens (tertiary/aromatic N) is 3. The summed E-state index contributed by atoms with van der Waals surface area (Å²) in [5.74, 6) is 1.37. The summed E-state index contributed by atoms with van der Waals surface area (Å²) in [6, 6.07) is 17.9. The van der Waals surface area contributed by atoms with Crippen molar-refractivity contribution >= 4 is 5.52 Å². The molecule has 5 nitrogen and oxygen atoms in total. The van der Waals surface area contributed by atoms with E-state index in [1.54, 1.807) is 14.2 Å². The van der Waals surface area contributed by atoms with Gasteiger partial charge in [-0.1, -0.05) is 30.3 Å². The van der Waals surface area contributed by atoms with Crippen molar-refractivity contribution in [2.75, 3.05) is 14.2 Å². The molecule has 0 saturated heterocycles. The van der Waals surface area contributed by atoms with E-state index in [0.717, 1.165) is 33.7 Å². The summed E-state index contributed by atoms with van der Waals surface area (Å²) in [6.45, 7) is 0. The molecule has 4 rings (SSSR count). The number of hydrogen-bond acceptors (Lipinski definition) is 4. The van der Waals surface area contributed by atoms with E-state index in [1.807, 2.05) is 59.4 Å². The Morgan fingerprint density at radius 3 is 2.40 bits per heavy atom. The number of aromatic nitrogens is 3. The zero-order valence-corrected chi connectivity index (χ0v) is 14.0. The van der Waals surface area contributed by atoms with Gasteiger partial charge in [-0.3, -0.25) is 0 Å². The van der Waals surface area contributed by atoms with Gasteiger partial charge in [-0.15, -0.1) is 0 Å². The first-order valence-corrected chi connectivity index (χ1v) is 7.92. The van der Waals surface area contributed by atoms with Crippen LogP contribution >= 0.6 is 0 Å². The zero-order chi connectivity index (χ0) is 17.2. The Morgan fingerprint density at radius 1 is 0.880 bits per heavy atom. The molecule has 0 amide bonds. The number of ether oxygens (including phenoxy) is 2. The number of rotatable bonds is 4. The second-order valence-electron chi connectivity index (χ2n) is 5.58. The van der Waals surface area contributed by atoms with Gasteiger partial charge in [0.25, 0.3) is 0 Å². The first kappa shape index (κ1) is 15.2. The minimum Gasteiger partial charge on any atom is -0.497 e. The molecule has 0 spiro atoms. The second-order valence-corrected chi connectivity index (χ2v) is 5.58. The average Bonchev–Trinajstić information content (AvgIpc) is 3.07. The largest absolute Gasteiger partial charge is 0.497 e. The fraction of sp³-hybridized carbons (Fsp3) is 0.100. The minimum atomic E-state index is 0.582. The number of hydrogen-bond donors (Lipinski definition) is 0. The summed E-state index contributed by atoms with van der Waals surface area (Å²) < 4.78 is 12.4. The summed E-state index contributed by atoms with van der Waals surface area (Å²) in [5.41, 5.74) is 4.91. The molecular weight excluding hydrogens is 314 g/mol. The van der Waals surface area contributed by atoms with Crippen LogP contribution in [0.15, 0.2) is 67.0 Å². The standard InChI is InChI=1S/C20H17N3O2/c1-24-16-10-11-23-17(12-16)19(15-8-9-18(25-2)21-13-15)20(22-23)14-6-4-3-5-7-14/h3-13H,1-2H3. The molecule has 0 unspecified atom stereocenters. The van der Waals surface area contributed by atoms with Gasteiger partial charge in [0.05, 0.1) is 19.7 Å². The summed E-state index contributed by atoms with van der Waals surface area (Å²) >= 11 is 0. The van der Waals surface area contributed by atoms with Gasteiger partial charge in [-0.2, -0.15) is 5.10 Å². The Labute approximate surface area is 145 Å². The molecular formula is C20H17N3O2. The van der Waals surface area contributed by atoms with E-state index in [-0.39, 0.29) is 0 Å². The van der Waals surface area contributed by atoms with Crippen molar-refractivity contribution < 1.29 is 9.47 Å². The maximum absolute atomic E-state index is 5.39. The molecule has 0 fully saturated rings. The number of benzene rings is 1. The van der Waals surface area contributed by atoms with Gasteiger partial charge in [0.2, 0.25) is 5.88 Å². The van der Waals surface area contributed by atoms with E-state index < -0.39 is 0 Å². The lowest BCUT2D eigenvalue weighted by Crippen LogP contribution is -1.89. The van der Waals surface area contributed by atoms with Crippen LogP contribution in [0.2, 0.25) is 0 Å². The Bertz CT molecular complexity index is 1010. The van der Waals surface area contributed by atoms with Crippen molar-refractivity contribution in [3.8, 4) is 34.0 Å². The molecule has 0 saturated carbocycles. The predicted octanol–water partition coefficient (Wildman–Crippen LogP) is 4.08. The molecule has 3 aromatic heterocycles.